The molecular formula is C27H24ClN3O5S. The summed E-state index contributed by atoms with van der Waals surface area (Å²) in [4.78, 5) is 16.5. The summed E-state index contributed by atoms with van der Waals surface area (Å²) in [6.07, 6.45) is 1.23. The maximum Gasteiger partial charge on any atom is 0.258 e. The van der Waals surface area contributed by atoms with E-state index in [9.17, 15) is 13.2 Å². The Kier molecular flexibility index (Phi) is 6.43. The van der Waals surface area contributed by atoms with E-state index in [0.29, 0.717) is 44.4 Å². The van der Waals surface area contributed by atoms with E-state index < -0.39 is 16.1 Å². The number of sulfonamides is 1. The van der Waals surface area contributed by atoms with Crippen LogP contribution in [-0.4, -0.2) is 44.0 Å². The highest BCUT2D eigenvalue weighted by Crippen LogP contribution is 2.42. The van der Waals surface area contributed by atoms with Crippen molar-refractivity contribution >= 4 is 38.2 Å². The van der Waals surface area contributed by atoms with Gasteiger partial charge in [0.05, 0.1) is 37.8 Å². The highest BCUT2D eigenvalue weighted by Gasteiger charge is 2.38. The van der Waals surface area contributed by atoms with Gasteiger partial charge in [-0.1, -0.05) is 41.9 Å². The maximum atomic E-state index is 13.5. The van der Waals surface area contributed by atoms with Crippen LogP contribution in [-0.2, 0) is 10.0 Å². The zero-order valence-corrected chi connectivity index (χ0v) is 21.9. The second-order valence-corrected chi connectivity index (χ2v) is 10.9. The number of aromatic amines is 1. The highest BCUT2D eigenvalue weighted by atomic mass is 35.5. The number of halogens is 1. The first kappa shape index (κ1) is 24.9. The molecule has 0 saturated carbocycles. The molecule has 5 rings (SSSR count). The molecule has 4 aromatic rings. The monoisotopic (exact) mass is 537 g/mol. The van der Waals surface area contributed by atoms with Gasteiger partial charge in [0.25, 0.3) is 5.56 Å². The third-order valence-corrected chi connectivity index (χ3v) is 7.59. The molecule has 0 radical (unpaired) electrons. The number of hydrogen-bond donors (Lipinski definition) is 1. The van der Waals surface area contributed by atoms with Gasteiger partial charge in [-0.15, -0.1) is 0 Å². The summed E-state index contributed by atoms with van der Waals surface area (Å²) in [5.41, 5.74) is 2.86. The van der Waals surface area contributed by atoms with Gasteiger partial charge in [0.2, 0.25) is 10.0 Å². The van der Waals surface area contributed by atoms with Crippen molar-refractivity contribution < 1.29 is 17.9 Å². The molecule has 1 aromatic heterocycles. The van der Waals surface area contributed by atoms with E-state index in [4.69, 9.17) is 21.1 Å². The first-order valence-electron chi connectivity index (χ1n) is 11.4. The first-order chi connectivity index (χ1) is 17.7. The fraction of sp³-hybridized carbons (Fsp3) is 0.185. The molecule has 0 saturated heterocycles. The molecule has 0 unspecified atom stereocenters. The zero-order valence-electron chi connectivity index (χ0n) is 20.4. The number of rotatable bonds is 6. The summed E-state index contributed by atoms with van der Waals surface area (Å²) < 4.78 is 37.7. The van der Waals surface area contributed by atoms with Crippen molar-refractivity contribution in [2.24, 2.45) is 5.10 Å². The van der Waals surface area contributed by atoms with Gasteiger partial charge < -0.3 is 14.5 Å². The lowest BCUT2D eigenvalue weighted by Crippen LogP contribution is -2.26. The molecule has 2 heterocycles. The predicted octanol–water partition coefficient (Wildman–Crippen LogP) is 4.98. The van der Waals surface area contributed by atoms with E-state index in [-0.39, 0.29) is 12.0 Å². The van der Waals surface area contributed by atoms with Crippen molar-refractivity contribution in [3.05, 3.63) is 93.2 Å². The van der Waals surface area contributed by atoms with Gasteiger partial charge >= 0.3 is 0 Å². The lowest BCUT2D eigenvalue weighted by molar-refractivity contribution is 0.348. The standard InChI is InChI=1S/C27H24ClN3O5S/c1-35-18-10-12-24(36-2)20(14-18)23-15-22(30-31(23)37(3,33)34)26-25(16-7-5-4-6-8-16)19-13-17(28)9-11-21(19)29-27(26)32/h4-14,23H,15H2,1-3H3,(H,29,32)/t23-/m1/s1. The van der Waals surface area contributed by atoms with Gasteiger partial charge in [-0.2, -0.15) is 9.52 Å². The van der Waals surface area contributed by atoms with Crippen molar-refractivity contribution in [3.63, 3.8) is 0 Å². The number of ether oxygens (including phenoxy) is 2. The molecule has 37 heavy (non-hydrogen) atoms. The average molecular weight is 538 g/mol. The molecule has 0 fully saturated rings. The number of fused-ring (bicyclic) bond motifs is 1. The Morgan fingerprint density at radius 2 is 1.76 bits per heavy atom. The van der Waals surface area contributed by atoms with Crippen molar-refractivity contribution in [3.8, 4) is 22.6 Å². The zero-order chi connectivity index (χ0) is 26.3. The molecule has 1 atom stereocenters. The fourth-order valence-electron chi connectivity index (χ4n) is 4.72. The molecule has 10 heteroatoms. The molecule has 0 bridgehead atoms. The Labute approximate surface area is 219 Å². The molecule has 0 amide bonds. The quantitative estimate of drug-likeness (QED) is 0.374. The number of nitrogens with one attached hydrogen (secondary N) is 1. The minimum Gasteiger partial charge on any atom is -0.497 e. The number of aromatic nitrogens is 1. The second-order valence-electron chi connectivity index (χ2n) is 8.67. The van der Waals surface area contributed by atoms with Gasteiger partial charge in [-0.3, -0.25) is 4.79 Å². The minimum atomic E-state index is -3.81. The highest BCUT2D eigenvalue weighted by molar-refractivity contribution is 7.88. The van der Waals surface area contributed by atoms with Gasteiger partial charge in [0, 0.05) is 33.5 Å². The summed E-state index contributed by atoms with van der Waals surface area (Å²) in [5.74, 6) is 1.03. The summed E-state index contributed by atoms with van der Waals surface area (Å²) in [5, 5.41) is 5.74. The van der Waals surface area contributed by atoms with E-state index in [1.807, 2.05) is 30.3 Å². The predicted molar refractivity (Wildman–Crippen MR) is 145 cm³/mol. The van der Waals surface area contributed by atoms with Crippen LogP contribution in [0.2, 0.25) is 5.02 Å². The Morgan fingerprint density at radius 3 is 2.43 bits per heavy atom. The van der Waals surface area contributed by atoms with Crippen LogP contribution in [0.15, 0.2) is 76.6 Å². The summed E-state index contributed by atoms with van der Waals surface area (Å²) >= 11 is 6.34. The second kappa shape index (κ2) is 9.57. The fourth-order valence-corrected chi connectivity index (χ4v) is 5.79. The number of pyridine rings is 1. The Hall–Kier alpha value is -3.82. The first-order valence-corrected chi connectivity index (χ1v) is 13.6. The smallest absolute Gasteiger partial charge is 0.258 e. The van der Waals surface area contributed by atoms with Crippen molar-refractivity contribution in [1.82, 2.24) is 9.40 Å². The largest absolute Gasteiger partial charge is 0.497 e. The van der Waals surface area contributed by atoms with Gasteiger partial charge in [-0.25, -0.2) is 8.42 Å². The van der Waals surface area contributed by atoms with Crippen LogP contribution in [0.5, 0.6) is 11.5 Å². The molecular weight excluding hydrogens is 514 g/mol. The maximum absolute atomic E-state index is 13.5. The molecule has 0 spiro atoms. The average Bonchev–Trinajstić information content (AvgIpc) is 3.34. The van der Waals surface area contributed by atoms with E-state index in [1.54, 1.807) is 36.4 Å². The van der Waals surface area contributed by atoms with Crippen LogP contribution < -0.4 is 15.0 Å². The molecule has 1 aliphatic heterocycles. The van der Waals surface area contributed by atoms with Crippen LogP contribution >= 0.6 is 11.6 Å². The number of nitrogens with zero attached hydrogens (tertiary/aromatic N) is 2. The summed E-state index contributed by atoms with van der Waals surface area (Å²) in [6, 6.07) is 19.1. The van der Waals surface area contributed by atoms with Crippen molar-refractivity contribution in [2.45, 2.75) is 12.5 Å². The molecule has 3 aromatic carbocycles. The molecule has 1 aliphatic rings. The van der Waals surface area contributed by atoms with Gasteiger partial charge in [0.1, 0.15) is 11.5 Å². The normalized spacial score (nSPS) is 15.6. The molecule has 1 N–H and O–H groups in total. The minimum absolute atomic E-state index is 0.144. The van der Waals surface area contributed by atoms with Crippen molar-refractivity contribution in [2.75, 3.05) is 20.5 Å². The third-order valence-electron chi connectivity index (χ3n) is 6.34. The van der Waals surface area contributed by atoms with E-state index in [0.717, 1.165) is 21.6 Å². The number of H-pyrrole nitrogens is 1. The number of hydrazone groups is 1. The van der Waals surface area contributed by atoms with E-state index in [2.05, 4.69) is 10.1 Å². The van der Waals surface area contributed by atoms with Gasteiger partial charge in [0.15, 0.2) is 0 Å². The van der Waals surface area contributed by atoms with Crippen LogP contribution in [0.4, 0.5) is 0 Å². The molecule has 8 nitrogen and oxygen atoms in total. The number of methoxy groups -OCH3 is 2. The number of benzene rings is 3. The molecule has 190 valence electrons. The van der Waals surface area contributed by atoms with E-state index >= 15 is 0 Å². The number of hydrogen-bond acceptors (Lipinski definition) is 6. The Bertz CT molecular complexity index is 1700. The van der Waals surface area contributed by atoms with Crippen LogP contribution in [0, 0.1) is 0 Å². The summed E-state index contributed by atoms with van der Waals surface area (Å²) in [7, 11) is -0.767. The van der Waals surface area contributed by atoms with Gasteiger partial charge in [-0.05, 0) is 42.0 Å². The van der Waals surface area contributed by atoms with Crippen LogP contribution in [0.25, 0.3) is 22.0 Å². The topological polar surface area (TPSA) is 101 Å². The van der Waals surface area contributed by atoms with Crippen LogP contribution in [0.1, 0.15) is 23.6 Å². The van der Waals surface area contributed by atoms with Crippen LogP contribution in [0.3, 0.4) is 0 Å². The lowest BCUT2D eigenvalue weighted by Gasteiger charge is -2.23. The van der Waals surface area contributed by atoms with Crippen molar-refractivity contribution in [1.29, 1.82) is 0 Å². The third kappa shape index (κ3) is 4.56. The lowest BCUT2D eigenvalue weighted by atomic mass is 9.91. The SMILES string of the molecule is COc1ccc(OC)c([C@H]2CC(c3c(-c4ccccc4)c4cc(Cl)ccc4[nH]c3=O)=NN2S(C)(=O)=O)c1. The molecule has 0 aliphatic carbocycles. The Balaban J connectivity index is 1.77. The summed E-state index contributed by atoms with van der Waals surface area (Å²) in [6.45, 7) is 0. The van der Waals surface area contributed by atoms with E-state index in [1.165, 1.54) is 14.2 Å². The Morgan fingerprint density at radius 1 is 1.00 bits per heavy atom.